The van der Waals surface area contributed by atoms with Crippen molar-refractivity contribution in [2.24, 2.45) is 43.3 Å². The van der Waals surface area contributed by atoms with Crippen molar-refractivity contribution < 1.29 is 17.5 Å². The molecular formula is C5H12N8O4S-2. The largest absolute Gasteiger partial charge is 0.759 e. The van der Waals surface area contributed by atoms with Gasteiger partial charge in [0.15, 0.2) is 0 Å². The molecule has 104 valence electrons. The molecule has 0 saturated carbocycles. The fraction of sp³-hybridized carbons (Fsp3) is 0.200. The molecule has 0 unspecified atom stereocenters. The fourth-order valence-corrected chi connectivity index (χ4v) is 0.342. The van der Waals surface area contributed by atoms with E-state index in [9.17, 15) is 0 Å². The van der Waals surface area contributed by atoms with Crippen molar-refractivity contribution in [2.45, 2.75) is 6.92 Å². The Hall–Kier alpha value is -2.25. The maximum absolute atomic E-state index is 8.52. The highest BCUT2D eigenvalue weighted by atomic mass is 32.3. The van der Waals surface area contributed by atoms with Crippen LogP contribution in [-0.2, 0) is 10.4 Å². The molecule has 18 heavy (non-hydrogen) atoms. The van der Waals surface area contributed by atoms with Crippen LogP contribution in [0.1, 0.15) is 6.92 Å². The van der Waals surface area contributed by atoms with Crippen LogP contribution in [0.25, 0.3) is 0 Å². The van der Waals surface area contributed by atoms with Gasteiger partial charge in [0, 0.05) is 10.4 Å². The van der Waals surface area contributed by atoms with Gasteiger partial charge >= 0.3 is 0 Å². The number of hydrogen-bond acceptors (Lipinski definition) is 8. The minimum atomic E-state index is -5.17. The average molecular weight is 280 g/mol. The van der Waals surface area contributed by atoms with Gasteiger partial charge in [-0.1, -0.05) is 0 Å². The Balaban J connectivity index is 0. The molecule has 12 nitrogen and oxygen atoms in total. The first kappa shape index (κ1) is 18.1. The lowest BCUT2D eigenvalue weighted by atomic mass is 10.5. The monoisotopic (exact) mass is 280 g/mol. The summed E-state index contributed by atoms with van der Waals surface area (Å²) in [6, 6.07) is 0. The van der Waals surface area contributed by atoms with E-state index in [1.807, 2.05) is 0 Å². The van der Waals surface area contributed by atoms with Gasteiger partial charge in [0.1, 0.15) is 0 Å². The van der Waals surface area contributed by atoms with Gasteiger partial charge in [0.2, 0.25) is 11.9 Å². The van der Waals surface area contributed by atoms with Crippen molar-refractivity contribution in [3.63, 3.8) is 0 Å². The van der Waals surface area contributed by atoms with Crippen LogP contribution in [0, 0.1) is 0 Å². The van der Waals surface area contributed by atoms with E-state index in [4.69, 9.17) is 40.5 Å². The van der Waals surface area contributed by atoms with E-state index in [0.29, 0.717) is 5.71 Å². The second-order valence-electron chi connectivity index (χ2n) is 2.44. The van der Waals surface area contributed by atoms with E-state index in [0.717, 1.165) is 0 Å². The maximum atomic E-state index is 8.52. The first-order chi connectivity index (χ1) is 8.02. The predicted molar refractivity (Wildman–Crippen MR) is 63.7 cm³/mol. The maximum Gasteiger partial charge on any atom is 0.211 e. The van der Waals surface area contributed by atoms with Crippen molar-refractivity contribution in [3.8, 4) is 0 Å². The molecule has 0 heterocycles. The molecule has 13 heteroatoms. The molecule has 8 N–H and O–H groups in total. The predicted octanol–water partition coefficient (Wildman–Crippen LogP) is -3.44. The molecule has 0 atom stereocenters. The van der Waals surface area contributed by atoms with Gasteiger partial charge in [-0.25, -0.2) is 0 Å². The second-order valence-corrected chi connectivity index (χ2v) is 3.26. The van der Waals surface area contributed by atoms with Gasteiger partial charge in [0.05, 0.1) is 11.9 Å². The molecule has 0 aromatic heterocycles. The zero-order valence-electron chi connectivity index (χ0n) is 9.22. The highest BCUT2D eigenvalue weighted by Gasteiger charge is 1.83. The average Bonchev–Trinajstić information content (AvgIpc) is 2.11. The molecule has 0 fully saturated rings. The molecule has 0 aliphatic carbocycles. The minimum Gasteiger partial charge on any atom is -0.759 e. The van der Waals surface area contributed by atoms with Crippen molar-refractivity contribution in [2.75, 3.05) is 0 Å². The highest BCUT2D eigenvalue weighted by Crippen LogP contribution is 1.76. The van der Waals surface area contributed by atoms with Crippen molar-refractivity contribution in [3.05, 3.63) is 0 Å². The molecule has 0 saturated heterocycles. The molecule has 0 aliphatic rings. The van der Waals surface area contributed by atoms with Crippen molar-refractivity contribution in [1.29, 1.82) is 0 Å². The molecule has 0 bridgehead atoms. The van der Waals surface area contributed by atoms with Gasteiger partial charge in [-0.05, 0) is 6.92 Å². The molecule has 0 rings (SSSR count). The molecule has 0 spiro atoms. The Bertz CT molecular complexity index is 448. The van der Waals surface area contributed by atoms with E-state index in [-0.39, 0.29) is 11.9 Å². The number of nitrogens with zero attached hydrogens (tertiary/aromatic N) is 4. The molecule has 0 aliphatic heterocycles. The zero-order valence-corrected chi connectivity index (χ0v) is 10.0. The smallest absolute Gasteiger partial charge is 0.211 e. The summed E-state index contributed by atoms with van der Waals surface area (Å²) in [6.07, 6.45) is 1.31. The van der Waals surface area contributed by atoms with Crippen LogP contribution in [-0.4, -0.2) is 41.4 Å². The van der Waals surface area contributed by atoms with Gasteiger partial charge < -0.3 is 32.0 Å². The van der Waals surface area contributed by atoms with Gasteiger partial charge in [-0.3, -0.25) is 8.42 Å². The molecular weight excluding hydrogens is 268 g/mol. The van der Waals surface area contributed by atoms with E-state index < -0.39 is 10.4 Å². The van der Waals surface area contributed by atoms with Crippen LogP contribution < -0.4 is 22.9 Å². The highest BCUT2D eigenvalue weighted by molar-refractivity contribution is 7.79. The number of rotatable bonds is 3. The van der Waals surface area contributed by atoms with E-state index in [1.165, 1.54) is 6.21 Å². The third-order valence-corrected chi connectivity index (χ3v) is 0.741. The van der Waals surface area contributed by atoms with Gasteiger partial charge in [-0.2, -0.15) is 10.2 Å². The molecule has 0 radical (unpaired) electrons. The molecule has 0 amide bonds. The summed E-state index contributed by atoms with van der Waals surface area (Å²) < 4.78 is 34.1. The first-order valence-corrected chi connectivity index (χ1v) is 5.27. The van der Waals surface area contributed by atoms with E-state index in [1.54, 1.807) is 6.92 Å². The van der Waals surface area contributed by atoms with Gasteiger partial charge in [0.25, 0.3) is 0 Å². The second kappa shape index (κ2) is 8.85. The lowest BCUT2D eigenvalue weighted by Crippen LogP contribution is -2.22. The number of nitrogens with two attached hydrogens (primary N) is 4. The van der Waals surface area contributed by atoms with Crippen molar-refractivity contribution in [1.82, 2.24) is 0 Å². The first-order valence-electron chi connectivity index (χ1n) is 3.94. The van der Waals surface area contributed by atoms with Crippen LogP contribution in [0.5, 0.6) is 0 Å². The number of hydrogen-bond donors (Lipinski definition) is 4. The van der Waals surface area contributed by atoms with Crippen LogP contribution in [0.4, 0.5) is 0 Å². The lowest BCUT2D eigenvalue weighted by molar-refractivity contribution is 0.352. The minimum absolute atomic E-state index is 0.130. The Morgan fingerprint density at radius 1 is 1.00 bits per heavy atom. The Morgan fingerprint density at radius 2 is 1.39 bits per heavy atom. The lowest BCUT2D eigenvalue weighted by Gasteiger charge is -2.06. The third kappa shape index (κ3) is 29.2. The van der Waals surface area contributed by atoms with E-state index >= 15 is 0 Å². The summed E-state index contributed by atoms with van der Waals surface area (Å²) in [5, 5.41) is 13.8. The summed E-state index contributed by atoms with van der Waals surface area (Å²) in [7, 11) is -5.17. The topological polar surface area (TPSA) is 234 Å². The summed E-state index contributed by atoms with van der Waals surface area (Å²) >= 11 is 0. The number of guanidine groups is 2. The molecule has 0 aromatic carbocycles. The van der Waals surface area contributed by atoms with E-state index in [2.05, 4.69) is 20.4 Å². The van der Waals surface area contributed by atoms with Crippen LogP contribution in [0.3, 0.4) is 0 Å². The quantitative estimate of drug-likeness (QED) is 0.133. The third-order valence-electron chi connectivity index (χ3n) is 0.741. The summed E-state index contributed by atoms with van der Waals surface area (Å²) in [6.45, 7) is 1.64. The van der Waals surface area contributed by atoms with Crippen molar-refractivity contribution >= 4 is 34.2 Å². The molecule has 0 aromatic rings. The van der Waals surface area contributed by atoms with Crippen LogP contribution in [0.2, 0.25) is 0 Å². The van der Waals surface area contributed by atoms with Gasteiger partial charge in [-0.15, -0.1) is 10.2 Å². The van der Waals surface area contributed by atoms with Crippen LogP contribution >= 0.6 is 0 Å². The standard InChI is InChI=1S/C5H12N8.H2O4S/c1-3(11-13-5(8)9)2-10-12-4(6)7;1-5(2,3)4/h2H,1H3,(H4,6,7,12)(H4,8,9,13);(H2,1,2,3,4)/p-2/b10-2-,11-3-;. The zero-order chi connectivity index (χ0) is 14.8. The Labute approximate surface area is 103 Å². The van der Waals surface area contributed by atoms with Crippen LogP contribution in [0.15, 0.2) is 20.4 Å². The summed E-state index contributed by atoms with van der Waals surface area (Å²) in [5.41, 5.74) is 20.5. The Kier molecular flexibility index (Phi) is 8.91. The fourth-order valence-electron chi connectivity index (χ4n) is 0.342. The normalized spacial score (nSPS) is 11.4. The Morgan fingerprint density at radius 3 is 1.72 bits per heavy atom. The summed E-state index contributed by atoms with van der Waals surface area (Å²) in [4.78, 5) is 0. The SMILES string of the molecule is CC(/C=N\N=C(N)N)=N/N=C(N)N.O=S(=O)([O-])[O-]. The summed E-state index contributed by atoms with van der Waals surface area (Å²) in [5.74, 6) is -0.263.